The predicted molar refractivity (Wildman–Crippen MR) is 72.0 cm³/mol. The van der Waals surface area contributed by atoms with Crippen LogP contribution in [0.4, 0.5) is 0 Å². The van der Waals surface area contributed by atoms with Crippen molar-refractivity contribution in [1.82, 2.24) is 4.98 Å². The third kappa shape index (κ3) is 3.55. The lowest BCUT2D eigenvalue weighted by molar-refractivity contribution is 0.0600. The molecule has 1 fully saturated rings. The van der Waals surface area contributed by atoms with E-state index in [2.05, 4.69) is 9.72 Å². The van der Waals surface area contributed by atoms with Crippen LogP contribution in [0.3, 0.4) is 0 Å². The summed E-state index contributed by atoms with van der Waals surface area (Å²) in [7, 11) is -1.95. The molecule has 1 aliphatic heterocycles. The van der Waals surface area contributed by atoms with Crippen LogP contribution in [0.1, 0.15) is 28.9 Å². The first kappa shape index (κ1) is 14.9. The largest absolute Gasteiger partial charge is 0.465 e. The van der Waals surface area contributed by atoms with E-state index in [1.54, 1.807) is 6.07 Å². The minimum atomic E-state index is -3.23. The van der Waals surface area contributed by atoms with Crippen molar-refractivity contribution in [3.63, 3.8) is 0 Å². The molecule has 2 heterocycles. The topological polar surface area (TPSA) is 82.6 Å². The second kappa shape index (κ2) is 6.32. The fourth-order valence-corrected chi connectivity index (χ4v) is 3.84. The highest BCUT2D eigenvalue weighted by Crippen LogP contribution is 2.19. The molecule has 0 aliphatic carbocycles. The Morgan fingerprint density at radius 2 is 2.10 bits per heavy atom. The number of carbonyl (C=O) groups excluding carboxylic acids is 1. The van der Waals surface area contributed by atoms with E-state index in [-0.39, 0.29) is 11.0 Å². The van der Waals surface area contributed by atoms with Gasteiger partial charge in [-0.15, -0.1) is 0 Å². The molecule has 0 radical (unpaired) electrons. The molecule has 7 heteroatoms. The molecule has 1 aromatic heterocycles. The normalized spacial score (nSPS) is 16.9. The zero-order chi connectivity index (χ0) is 14.6. The number of hydrogen-bond acceptors (Lipinski definition) is 6. The predicted octanol–water partition coefficient (Wildman–Crippen LogP) is 0.962. The van der Waals surface area contributed by atoms with Crippen LogP contribution in [0.15, 0.2) is 18.3 Å². The van der Waals surface area contributed by atoms with E-state index in [9.17, 15) is 13.2 Å². The molecule has 2 rings (SSSR count). The minimum Gasteiger partial charge on any atom is -0.465 e. The van der Waals surface area contributed by atoms with Gasteiger partial charge in [0.1, 0.15) is 0 Å². The maximum absolute atomic E-state index is 12.2. The first-order valence-corrected chi connectivity index (χ1v) is 8.07. The van der Waals surface area contributed by atoms with E-state index in [0.29, 0.717) is 37.3 Å². The van der Waals surface area contributed by atoms with Crippen LogP contribution in [0.25, 0.3) is 0 Å². The van der Waals surface area contributed by atoms with E-state index < -0.39 is 15.8 Å². The van der Waals surface area contributed by atoms with Gasteiger partial charge >= 0.3 is 5.97 Å². The highest BCUT2D eigenvalue weighted by atomic mass is 32.2. The van der Waals surface area contributed by atoms with Crippen LogP contribution >= 0.6 is 0 Å². The second-order valence-corrected chi connectivity index (χ2v) is 6.93. The van der Waals surface area contributed by atoms with Gasteiger partial charge in [-0.3, -0.25) is 4.98 Å². The van der Waals surface area contributed by atoms with Crippen molar-refractivity contribution in [2.24, 2.45) is 0 Å². The number of esters is 1. The Morgan fingerprint density at radius 1 is 1.40 bits per heavy atom. The van der Waals surface area contributed by atoms with Gasteiger partial charge in [-0.2, -0.15) is 0 Å². The zero-order valence-electron chi connectivity index (χ0n) is 11.2. The molecule has 0 unspecified atom stereocenters. The molecular formula is C13H17NO5S. The first-order chi connectivity index (χ1) is 9.53. The monoisotopic (exact) mass is 299 g/mol. The third-order valence-electron chi connectivity index (χ3n) is 3.27. The molecule has 0 aromatic carbocycles. The molecule has 0 bridgehead atoms. The molecule has 20 heavy (non-hydrogen) atoms. The number of methoxy groups -OCH3 is 1. The van der Waals surface area contributed by atoms with E-state index in [1.165, 1.54) is 19.4 Å². The summed E-state index contributed by atoms with van der Waals surface area (Å²) < 4.78 is 34.2. The molecule has 0 amide bonds. The SMILES string of the molecule is COC(=O)c1ccc(CS(=O)(=O)C2CCOCC2)nc1. The molecular weight excluding hydrogens is 282 g/mol. The lowest BCUT2D eigenvalue weighted by Gasteiger charge is -2.21. The number of pyridine rings is 1. The lowest BCUT2D eigenvalue weighted by atomic mass is 10.2. The average molecular weight is 299 g/mol. The van der Waals surface area contributed by atoms with Gasteiger partial charge in [0.2, 0.25) is 0 Å². The number of aromatic nitrogens is 1. The summed E-state index contributed by atoms with van der Waals surface area (Å²) in [6.45, 7) is 0.969. The third-order valence-corrected chi connectivity index (χ3v) is 5.46. The molecule has 110 valence electrons. The number of carbonyl (C=O) groups is 1. The van der Waals surface area contributed by atoms with Crippen LogP contribution in [0.2, 0.25) is 0 Å². The summed E-state index contributed by atoms with van der Waals surface area (Å²) in [5.41, 5.74) is 0.740. The summed E-state index contributed by atoms with van der Waals surface area (Å²) in [5.74, 6) is -0.601. The average Bonchev–Trinajstić information content (AvgIpc) is 2.48. The van der Waals surface area contributed by atoms with Gasteiger partial charge in [0.05, 0.1) is 29.4 Å². The quantitative estimate of drug-likeness (QED) is 0.770. The second-order valence-electron chi connectivity index (χ2n) is 4.65. The smallest absolute Gasteiger partial charge is 0.339 e. The molecule has 1 saturated heterocycles. The number of hydrogen-bond donors (Lipinski definition) is 0. The van der Waals surface area contributed by atoms with Gasteiger partial charge in [0, 0.05) is 19.4 Å². The van der Waals surface area contributed by atoms with Crippen molar-refractivity contribution in [3.05, 3.63) is 29.6 Å². The van der Waals surface area contributed by atoms with E-state index >= 15 is 0 Å². The van der Waals surface area contributed by atoms with Crippen LogP contribution in [-0.4, -0.2) is 44.9 Å². The van der Waals surface area contributed by atoms with Crippen LogP contribution in [0.5, 0.6) is 0 Å². The first-order valence-electron chi connectivity index (χ1n) is 6.35. The molecule has 6 nitrogen and oxygen atoms in total. The molecule has 1 aromatic rings. The summed E-state index contributed by atoms with van der Waals surface area (Å²) in [6.07, 6.45) is 2.39. The number of nitrogens with zero attached hydrogens (tertiary/aromatic N) is 1. The molecule has 0 atom stereocenters. The van der Waals surface area contributed by atoms with Gasteiger partial charge in [-0.05, 0) is 25.0 Å². The Morgan fingerprint density at radius 3 is 2.65 bits per heavy atom. The van der Waals surface area contributed by atoms with Gasteiger partial charge < -0.3 is 9.47 Å². The molecule has 0 saturated carbocycles. The van der Waals surface area contributed by atoms with Crippen molar-refractivity contribution in [3.8, 4) is 0 Å². The summed E-state index contributed by atoms with van der Waals surface area (Å²) in [6, 6.07) is 3.07. The Kier molecular flexibility index (Phi) is 4.72. The zero-order valence-corrected chi connectivity index (χ0v) is 12.1. The molecule has 0 spiro atoms. The van der Waals surface area contributed by atoms with Gasteiger partial charge in [0.15, 0.2) is 9.84 Å². The number of ether oxygens (including phenoxy) is 2. The van der Waals surface area contributed by atoms with Crippen LogP contribution in [-0.2, 0) is 25.1 Å². The fourth-order valence-electron chi connectivity index (χ4n) is 2.11. The van der Waals surface area contributed by atoms with Gasteiger partial charge in [0.25, 0.3) is 0 Å². The summed E-state index contributed by atoms with van der Waals surface area (Å²) in [4.78, 5) is 15.3. The van der Waals surface area contributed by atoms with E-state index in [0.717, 1.165) is 0 Å². The summed E-state index contributed by atoms with van der Waals surface area (Å²) in [5, 5.41) is -0.363. The Bertz CT molecular complexity index is 561. The van der Waals surface area contributed by atoms with Crippen molar-refractivity contribution < 1.29 is 22.7 Å². The van der Waals surface area contributed by atoms with Gasteiger partial charge in [-0.1, -0.05) is 0 Å². The number of rotatable bonds is 4. The Hall–Kier alpha value is -1.47. The van der Waals surface area contributed by atoms with Crippen molar-refractivity contribution in [2.45, 2.75) is 23.8 Å². The van der Waals surface area contributed by atoms with Crippen molar-refractivity contribution in [2.75, 3.05) is 20.3 Å². The van der Waals surface area contributed by atoms with Crippen LogP contribution < -0.4 is 0 Å². The fraction of sp³-hybridized carbons (Fsp3) is 0.538. The number of sulfone groups is 1. The van der Waals surface area contributed by atoms with Crippen molar-refractivity contribution >= 4 is 15.8 Å². The summed E-state index contributed by atoms with van der Waals surface area (Å²) >= 11 is 0. The van der Waals surface area contributed by atoms with Crippen LogP contribution in [0, 0.1) is 0 Å². The molecule has 0 N–H and O–H groups in total. The highest BCUT2D eigenvalue weighted by Gasteiger charge is 2.28. The minimum absolute atomic E-state index is 0.112. The van der Waals surface area contributed by atoms with Crippen molar-refractivity contribution in [1.29, 1.82) is 0 Å². The van der Waals surface area contributed by atoms with E-state index in [4.69, 9.17) is 4.74 Å². The Balaban J connectivity index is 2.07. The lowest BCUT2D eigenvalue weighted by Crippen LogP contribution is -2.30. The maximum Gasteiger partial charge on any atom is 0.339 e. The molecule has 1 aliphatic rings. The maximum atomic E-state index is 12.2. The van der Waals surface area contributed by atoms with E-state index in [1.807, 2.05) is 0 Å². The van der Waals surface area contributed by atoms with Gasteiger partial charge in [-0.25, -0.2) is 13.2 Å². The Labute approximate surface area is 118 Å². The highest BCUT2D eigenvalue weighted by molar-refractivity contribution is 7.91. The standard InChI is InChI=1S/C13H17NO5S/c1-18-13(15)10-2-3-11(14-8-10)9-20(16,17)12-4-6-19-7-5-12/h2-3,8,12H,4-7,9H2,1H3.